The molecule has 4 nitrogen and oxygen atoms in total. The van der Waals surface area contributed by atoms with Gasteiger partial charge in [-0.05, 0) is 25.7 Å². The van der Waals surface area contributed by atoms with Crippen molar-refractivity contribution in [3.63, 3.8) is 0 Å². The average molecular weight is 228 g/mol. The largest absolute Gasteiger partial charge is 0.329 e. The average Bonchev–Trinajstić information content (AvgIpc) is 2.82. The Balaban J connectivity index is 2.42. The number of amides is 1. The van der Waals surface area contributed by atoms with Crippen molar-refractivity contribution in [3.05, 3.63) is 0 Å². The van der Waals surface area contributed by atoms with Gasteiger partial charge in [0, 0.05) is 6.54 Å². The highest BCUT2D eigenvalue weighted by Crippen LogP contribution is 2.26. The fourth-order valence-electron chi connectivity index (χ4n) is 2.20. The Morgan fingerprint density at radius 3 is 2.38 bits per heavy atom. The van der Waals surface area contributed by atoms with Gasteiger partial charge in [-0.2, -0.15) is 0 Å². The van der Waals surface area contributed by atoms with Crippen LogP contribution in [0.5, 0.6) is 0 Å². The van der Waals surface area contributed by atoms with Gasteiger partial charge in [-0.1, -0.05) is 26.7 Å². The van der Waals surface area contributed by atoms with Crippen molar-refractivity contribution in [2.75, 3.05) is 6.54 Å². The minimum absolute atomic E-state index is 0.0631. The van der Waals surface area contributed by atoms with E-state index in [4.69, 9.17) is 10.6 Å². The van der Waals surface area contributed by atoms with Crippen molar-refractivity contribution in [3.8, 4) is 0 Å². The molecule has 1 aliphatic rings. The Kier molecular flexibility index (Phi) is 5.22. The van der Waals surface area contributed by atoms with Crippen molar-refractivity contribution in [1.29, 1.82) is 0 Å². The topological polar surface area (TPSA) is 64.4 Å². The Labute approximate surface area is 97.9 Å². The second-order valence-electron chi connectivity index (χ2n) is 4.65. The number of nitrogens with two attached hydrogens (primary N) is 1. The summed E-state index contributed by atoms with van der Waals surface area (Å²) in [5.74, 6) is -0.0631. The molecule has 0 aliphatic heterocycles. The van der Waals surface area contributed by atoms with Crippen LogP contribution in [0.1, 0.15) is 52.4 Å². The number of rotatable bonds is 6. The molecular weight excluding hydrogens is 204 g/mol. The maximum Gasteiger partial charge on any atom is 0.251 e. The van der Waals surface area contributed by atoms with Gasteiger partial charge in [-0.15, -0.1) is 0 Å². The van der Waals surface area contributed by atoms with E-state index in [2.05, 4.69) is 5.48 Å². The number of hydrogen-bond donors (Lipinski definition) is 2. The van der Waals surface area contributed by atoms with Crippen LogP contribution in [0, 0.1) is 5.41 Å². The van der Waals surface area contributed by atoms with Crippen molar-refractivity contribution < 1.29 is 9.63 Å². The highest BCUT2D eigenvalue weighted by molar-refractivity contribution is 5.81. The lowest BCUT2D eigenvalue weighted by molar-refractivity contribution is -0.148. The molecule has 0 spiro atoms. The van der Waals surface area contributed by atoms with Gasteiger partial charge in [0.05, 0.1) is 11.5 Å². The van der Waals surface area contributed by atoms with Gasteiger partial charge in [0.25, 0.3) is 5.91 Å². The van der Waals surface area contributed by atoms with Gasteiger partial charge >= 0.3 is 0 Å². The molecule has 1 amide bonds. The van der Waals surface area contributed by atoms with Crippen LogP contribution in [0.25, 0.3) is 0 Å². The molecule has 0 aromatic rings. The zero-order valence-electron chi connectivity index (χ0n) is 10.4. The lowest BCUT2D eigenvalue weighted by Gasteiger charge is -2.28. The van der Waals surface area contributed by atoms with Gasteiger partial charge in [0.2, 0.25) is 0 Å². The van der Waals surface area contributed by atoms with Gasteiger partial charge < -0.3 is 5.73 Å². The summed E-state index contributed by atoms with van der Waals surface area (Å²) in [7, 11) is 0. The molecular formula is C12H24N2O2. The summed E-state index contributed by atoms with van der Waals surface area (Å²) < 4.78 is 0. The van der Waals surface area contributed by atoms with Crippen LogP contribution in [-0.2, 0) is 9.63 Å². The zero-order valence-corrected chi connectivity index (χ0v) is 10.4. The fourth-order valence-corrected chi connectivity index (χ4v) is 2.20. The molecule has 0 unspecified atom stereocenters. The normalized spacial score (nSPS) is 17.7. The molecule has 1 saturated carbocycles. The van der Waals surface area contributed by atoms with E-state index in [-0.39, 0.29) is 12.0 Å². The third-order valence-corrected chi connectivity index (χ3v) is 3.85. The molecule has 0 aromatic carbocycles. The maximum atomic E-state index is 12.0. The minimum atomic E-state index is -0.460. The van der Waals surface area contributed by atoms with Crippen molar-refractivity contribution >= 4 is 5.91 Å². The van der Waals surface area contributed by atoms with Crippen LogP contribution in [0.2, 0.25) is 0 Å². The summed E-state index contributed by atoms with van der Waals surface area (Å²) in [6.45, 7) is 4.36. The van der Waals surface area contributed by atoms with Crippen molar-refractivity contribution in [1.82, 2.24) is 5.48 Å². The summed E-state index contributed by atoms with van der Waals surface area (Å²) in [6.07, 6.45) is 6.20. The minimum Gasteiger partial charge on any atom is -0.329 e. The molecule has 0 aromatic heterocycles. The smallest absolute Gasteiger partial charge is 0.251 e. The summed E-state index contributed by atoms with van der Waals surface area (Å²) >= 11 is 0. The van der Waals surface area contributed by atoms with Crippen LogP contribution in [0.4, 0.5) is 0 Å². The first-order chi connectivity index (χ1) is 7.68. The molecule has 0 radical (unpaired) electrons. The Morgan fingerprint density at radius 1 is 1.38 bits per heavy atom. The van der Waals surface area contributed by atoms with Gasteiger partial charge in [0.1, 0.15) is 0 Å². The number of carbonyl (C=O) groups is 1. The third-order valence-electron chi connectivity index (χ3n) is 3.85. The molecule has 1 aliphatic carbocycles. The number of hydroxylamine groups is 1. The van der Waals surface area contributed by atoms with E-state index in [1.54, 1.807) is 0 Å². The lowest BCUT2D eigenvalue weighted by Crippen LogP contribution is -2.46. The molecule has 0 saturated heterocycles. The first kappa shape index (κ1) is 13.5. The Morgan fingerprint density at radius 2 is 1.94 bits per heavy atom. The summed E-state index contributed by atoms with van der Waals surface area (Å²) in [5.41, 5.74) is 7.84. The van der Waals surface area contributed by atoms with E-state index in [9.17, 15) is 4.79 Å². The van der Waals surface area contributed by atoms with Crippen LogP contribution in [0.3, 0.4) is 0 Å². The highest BCUT2D eigenvalue weighted by atomic mass is 16.7. The van der Waals surface area contributed by atoms with Crippen LogP contribution >= 0.6 is 0 Å². The fraction of sp³-hybridized carbons (Fsp3) is 0.917. The Hall–Kier alpha value is -0.610. The predicted octanol–water partition coefficient (Wildman–Crippen LogP) is 1.74. The molecule has 94 valence electrons. The number of nitrogens with one attached hydrogen (secondary N) is 1. The summed E-state index contributed by atoms with van der Waals surface area (Å²) in [4.78, 5) is 17.4. The molecule has 16 heavy (non-hydrogen) atoms. The van der Waals surface area contributed by atoms with Crippen molar-refractivity contribution in [2.24, 2.45) is 11.1 Å². The van der Waals surface area contributed by atoms with E-state index >= 15 is 0 Å². The van der Waals surface area contributed by atoms with E-state index in [1.165, 1.54) is 12.8 Å². The van der Waals surface area contributed by atoms with E-state index in [0.717, 1.165) is 25.7 Å². The lowest BCUT2D eigenvalue weighted by atomic mass is 9.82. The molecule has 0 atom stereocenters. The molecule has 4 heteroatoms. The van der Waals surface area contributed by atoms with E-state index < -0.39 is 5.41 Å². The summed E-state index contributed by atoms with van der Waals surface area (Å²) in [5, 5.41) is 0. The maximum absolute atomic E-state index is 12.0. The predicted molar refractivity (Wildman–Crippen MR) is 63.6 cm³/mol. The van der Waals surface area contributed by atoms with Crippen LogP contribution in [0.15, 0.2) is 0 Å². The summed E-state index contributed by atoms with van der Waals surface area (Å²) in [6, 6.07) is 0. The Bertz CT molecular complexity index is 213. The van der Waals surface area contributed by atoms with Gasteiger partial charge in [-0.3, -0.25) is 9.63 Å². The molecule has 3 N–H and O–H groups in total. The standard InChI is InChI=1S/C12H24N2O2/c1-3-12(4-2,9-13)11(15)14-16-10-7-5-6-8-10/h10H,3-9,13H2,1-2H3,(H,14,15). The number of carbonyl (C=O) groups excluding carboxylic acids is 1. The second kappa shape index (κ2) is 6.21. The van der Waals surface area contributed by atoms with Gasteiger partial charge in [-0.25, -0.2) is 5.48 Å². The van der Waals surface area contributed by atoms with E-state index in [0.29, 0.717) is 6.54 Å². The van der Waals surface area contributed by atoms with E-state index in [1.807, 2.05) is 13.8 Å². The third kappa shape index (κ3) is 2.95. The molecule has 1 rings (SSSR count). The zero-order chi connectivity index (χ0) is 12.0. The SMILES string of the molecule is CCC(CC)(CN)C(=O)NOC1CCCC1. The van der Waals surface area contributed by atoms with Gasteiger partial charge in [0.15, 0.2) is 0 Å². The second-order valence-corrected chi connectivity index (χ2v) is 4.65. The van der Waals surface area contributed by atoms with Crippen molar-refractivity contribution in [2.45, 2.75) is 58.5 Å². The first-order valence-electron chi connectivity index (χ1n) is 6.34. The number of hydrogen-bond acceptors (Lipinski definition) is 3. The van der Waals surface area contributed by atoms with Crippen LogP contribution < -0.4 is 11.2 Å². The monoisotopic (exact) mass is 228 g/mol. The molecule has 1 fully saturated rings. The first-order valence-corrected chi connectivity index (χ1v) is 6.34. The molecule has 0 heterocycles. The quantitative estimate of drug-likeness (QED) is 0.681. The molecule has 0 bridgehead atoms. The van der Waals surface area contributed by atoms with Crippen LogP contribution in [-0.4, -0.2) is 18.6 Å². The highest BCUT2D eigenvalue weighted by Gasteiger charge is 2.34.